The third-order valence-corrected chi connectivity index (χ3v) is 3.67. The van der Waals surface area contributed by atoms with E-state index in [1.807, 2.05) is 19.9 Å². The van der Waals surface area contributed by atoms with E-state index < -0.39 is 0 Å². The van der Waals surface area contributed by atoms with Gasteiger partial charge in [-0.05, 0) is 44.4 Å². The maximum absolute atomic E-state index is 11.0. The van der Waals surface area contributed by atoms with Crippen LogP contribution < -0.4 is 10.5 Å². The van der Waals surface area contributed by atoms with E-state index in [0.29, 0.717) is 17.9 Å². The third kappa shape index (κ3) is 3.24. The first-order valence-electron chi connectivity index (χ1n) is 5.97. The highest BCUT2D eigenvalue weighted by atomic mass is 35.5. The molecule has 0 heterocycles. The van der Waals surface area contributed by atoms with Crippen LogP contribution in [0, 0.1) is 13.8 Å². The van der Waals surface area contributed by atoms with Crippen LogP contribution in [0.4, 0.5) is 0 Å². The van der Waals surface area contributed by atoms with Crippen molar-refractivity contribution in [1.29, 1.82) is 0 Å². The van der Waals surface area contributed by atoms with E-state index in [-0.39, 0.29) is 11.8 Å². The predicted molar refractivity (Wildman–Crippen MR) is 74.3 cm³/mol. The van der Waals surface area contributed by atoms with Crippen molar-refractivity contribution in [1.82, 2.24) is 0 Å². The van der Waals surface area contributed by atoms with Gasteiger partial charge in [-0.1, -0.05) is 11.6 Å². The Morgan fingerprint density at radius 2 is 2.11 bits per heavy atom. The fraction of sp³-hybridized carbons (Fsp3) is 0.500. The predicted octanol–water partition coefficient (Wildman–Crippen LogP) is 3.33. The molecule has 3 nitrogen and oxygen atoms in total. The molecule has 0 spiro atoms. The lowest BCUT2D eigenvalue weighted by molar-refractivity contribution is -0.117. The van der Waals surface area contributed by atoms with Crippen molar-refractivity contribution < 1.29 is 9.53 Å². The Hall–Kier alpha value is -1.06. The molecule has 18 heavy (non-hydrogen) atoms. The lowest BCUT2D eigenvalue weighted by Gasteiger charge is -2.20. The summed E-state index contributed by atoms with van der Waals surface area (Å²) >= 11 is 6.24. The van der Waals surface area contributed by atoms with Gasteiger partial charge < -0.3 is 15.3 Å². The molecule has 1 unspecified atom stereocenters. The number of rotatable bonds is 5. The van der Waals surface area contributed by atoms with Gasteiger partial charge in [0.1, 0.15) is 11.5 Å². The van der Waals surface area contributed by atoms with Crippen LogP contribution in [0.1, 0.15) is 42.5 Å². The molecule has 0 amide bonds. The number of carbonyl (C=O) groups excluding carboxylic acids is 1. The molecule has 1 rings (SSSR count). The molecule has 0 saturated carbocycles. The molecular weight excluding hydrogens is 250 g/mol. The first-order valence-corrected chi connectivity index (χ1v) is 6.34. The Morgan fingerprint density at radius 3 is 2.61 bits per heavy atom. The minimum absolute atomic E-state index is 0.139. The maximum Gasteiger partial charge on any atom is 0.129 e. The summed E-state index contributed by atoms with van der Waals surface area (Å²) in [5.41, 5.74) is 8.95. The molecule has 1 aromatic carbocycles. The third-order valence-electron chi connectivity index (χ3n) is 3.09. The van der Waals surface area contributed by atoms with Gasteiger partial charge in [0.15, 0.2) is 0 Å². The van der Waals surface area contributed by atoms with Crippen LogP contribution in [0.15, 0.2) is 6.07 Å². The molecule has 100 valence electrons. The fourth-order valence-corrected chi connectivity index (χ4v) is 2.23. The number of Topliss-reactive ketones (excluding diaryl/α,β-unsaturated/α-hetero) is 1. The highest BCUT2D eigenvalue weighted by Gasteiger charge is 2.18. The van der Waals surface area contributed by atoms with Crippen LogP contribution in [0.5, 0.6) is 5.75 Å². The number of carbonyl (C=O) groups is 1. The highest BCUT2D eigenvalue weighted by molar-refractivity contribution is 6.32. The Kier molecular flexibility index (Phi) is 5.17. The number of ketones is 1. The van der Waals surface area contributed by atoms with Crippen molar-refractivity contribution in [2.24, 2.45) is 5.73 Å². The number of hydrogen-bond donors (Lipinski definition) is 1. The van der Waals surface area contributed by atoms with E-state index in [4.69, 9.17) is 22.1 Å². The minimum atomic E-state index is -0.234. The molecule has 0 aliphatic rings. The second kappa shape index (κ2) is 6.21. The van der Waals surface area contributed by atoms with Crippen molar-refractivity contribution in [3.63, 3.8) is 0 Å². The lowest BCUT2D eigenvalue weighted by atomic mass is 9.94. The maximum atomic E-state index is 11.0. The van der Waals surface area contributed by atoms with Gasteiger partial charge >= 0.3 is 0 Å². The molecule has 1 aromatic rings. The average molecular weight is 270 g/mol. The Labute approximate surface area is 113 Å². The van der Waals surface area contributed by atoms with Gasteiger partial charge in [-0.2, -0.15) is 0 Å². The SMILES string of the molecule is COc1cc(C)c(Cl)c(C)c1C(N)CCC(C)=O. The lowest BCUT2D eigenvalue weighted by Crippen LogP contribution is -2.15. The molecule has 0 radical (unpaired) electrons. The van der Waals surface area contributed by atoms with Crippen molar-refractivity contribution in [2.45, 2.75) is 39.7 Å². The summed E-state index contributed by atoms with van der Waals surface area (Å²) in [7, 11) is 1.61. The zero-order valence-electron chi connectivity index (χ0n) is 11.3. The van der Waals surface area contributed by atoms with E-state index in [2.05, 4.69) is 0 Å². The highest BCUT2D eigenvalue weighted by Crippen LogP contribution is 2.36. The van der Waals surface area contributed by atoms with Crippen molar-refractivity contribution >= 4 is 17.4 Å². The molecule has 0 aliphatic carbocycles. The molecule has 0 fully saturated rings. The Bertz CT molecular complexity index is 458. The molecule has 0 saturated heterocycles. The van der Waals surface area contributed by atoms with Gasteiger partial charge in [0.2, 0.25) is 0 Å². The van der Waals surface area contributed by atoms with Gasteiger partial charge in [-0.25, -0.2) is 0 Å². The van der Waals surface area contributed by atoms with Crippen LogP contribution in [-0.4, -0.2) is 12.9 Å². The van der Waals surface area contributed by atoms with Crippen LogP contribution >= 0.6 is 11.6 Å². The zero-order valence-corrected chi connectivity index (χ0v) is 12.1. The van der Waals surface area contributed by atoms with Crippen molar-refractivity contribution in [3.8, 4) is 5.75 Å². The van der Waals surface area contributed by atoms with Gasteiger partial charge in [0, 0.05) is 23.0 Å². The number of nitrogens with two attached hydrogens (primary N) is 1. The minimum Gasteiger partial charge on any atom is -0.496 e. The summed E-state index contributed by atoms with van der Waals surface area (Å²) in [5.74, 6) is 0.880. The monoisotopic (exact) mass is 269 g/mol. The van der Waals surface area contributed by atoms with E-state index in [0.717, 1.165) is 22.4 Å². The summed E-state index contributed by atoms with van der Waals surface area (Å²) < 4.78 is 5.37. The van der Waals surface area contributed by atoms with Crippen LogP contribution in [-0.2, 0) is 4.79 Å². The van der Waals surface area contributed by atoms with Gasteiger partial charge in [0.25, 0.3) is 0 Å². The second-order valence-electron chi connectivity index (χ2n) is 4.60. The average Bonchev–Trinajstić information content (AvgIpc) is 2.32. The molecule has 1 atom stereocenters. The van der Waals surface area contributed by atoms with Gasteiger partial charge in [0.05, 0.1) is 7.11 Å². The summed E-state index contributed by atoms with van der Waals surface area (Å²) in [6.45, 7) is 5.43. The first kappa shape index (κ1) is 15.0. The summed E-state index contributed by atoms with van der Waals surface area (Å²) in [6, 6.07) is 1.65. The normalized spacial score (nSPS) is 12.3. The molecule has 0 bridgehead atoms. The number of halogens is 1. The van der Waals surface area contributed by atoms with Gasteiger partial charge in [-0.15, -0.1) is 0 Å². The van der Waals surface area contributed by atoms with E-state index in [9.17, 15) is 4.79 Å². The first-order chi connectivity index (χ1) is 8.38. The molecule has 2 N–H and O–H groups in total. The zero-order chi connectivity index (χ0) is 13.9. The number of methoxy groups -OCH3 is 1. The van der Waals surface area contributed by atoms with Crippen LogP contribution in [0.3, 0.4) is 0 Å². The molecular formula is C14H20ClNO2. The Morgan fingerprint density at radius 1 is 1.50 bits per heavy atom. The van der Waals surface area contributed by atoms with Gasteiger partial charge in [-0.3, -0.25) is 0 Å². The van der Waals surface area contributed by atoms with E-state index >= 15 is 0 Å². The van der Waals surface area contributed by atoms with Crippen LogP contribution in [0.25, 0.3) is 0 Å². The summed E-state index contributed by atoms with van der Waals surface area (Å²) in [4.78, 5) is 11.0. The largest absolute Gasteiger partial charge is 0.496 e. The summed E-state index contributed by atoms with van der Waals surface area (Å²) in [6.07, 6.45) is 1.07. The second-order valence-corrected chi connectivity index (χ2v) is 4.97. The van der Waals surface area contributed by atoms with Crippen LogP contribution in [0.2, 0.25) is 5.02 Å². The Balaban J connectivity index is 3.13. The molecule has 0 aromatic heterocycles. The van der Waals surface area contributed by atoms with E-state index in [1.165, 1.54) is 0 Å². The van der Waals surface area contributed by atoms with Crippen molar-refractivity contribution in [2.75, 3.05) is 7.11 Å². The molecule has 4 heteroatoms. The quantitative estimate of drug-likeness (QED) is 0.892. The fourth-order valence-electron chi connectivity index (χ4n) is 2.07. The number of aryl methyl sites for hydroxylation is 1. The van der Waals surface area contributed by atoms with E-state index in [1.54, 1.807) is 14.0 Å². The molecule has 0 aliphatic heterocycles. The number of ether oxygens (including phenoxy) is 1. The standard InChI is InChI=1S/C14H20ClNO2/c1-8-7-12(18-4)13(10(3)14(8)15)11(16)6-5-9(2)17/h7,11H,5-6,16H2,1-4H3. The topological polar surface area (TPSA) is 52.3 Å². The smallest absolute Gasteiger partial charge is 0.129 e. The number of benzene rings is 1. The summed E-state index contributed by atoms with van der Waals surface area (Å²) in [5, 5.41) is 0.712. The van der Waals surface area contributed by atoms with Crippen molar-refractivity contribution in [3.05, 3.63) is 27.8 Å². The number of hydrogen-bond acceptors (Lipinski definition) is 3.